The third kappa shape index (κ3) is 5.19. The molecule has 0 saturated carbocycles. The molecule has 0 aliphatic carbocycles. The second-order valence-electron chi connectivity index (χ2n) is 15.1. The summed E-state index contributed by atoms with van der Waals surface area (Å²) in [6, 6.07) is 64.7. The van der Waals surface area contributed by atoms with Crippen LogP contribution in [0, 0.1) is 17.9 Å². The molecule has 0 unspecified atom stereocenters. The highest BCUT2D eigenvalue weighted by atomic mass is 32.1. The van der Waals surface area contributed by atoms with E-state index in [1.54, 1.807) is 11.3 Å². The fraction of sp³-hybridized carbons (Fsp3) is 0. The van der Waals surface area contributed by atoms with Gasteiger partial charge < -0.3 is 9.13 Å². The molecule has 6 nitrogen and oxygen atoms in total. The van der Waals surface area contributed by atoms with E-state index in [9.17, 15) is 5.26 Å². The van der Waals surface area contributed by atoms with Crippen LogP contribution in [0.4, 0.5) is 5.69 Å². The number of benzene rings is 8. The molecule has 0 saturated heterocycles. The van der Waals surface area contributed by atoms with Crippen molar-refractivity contribution in [1.29, 1.82) is 5.26 Å². The molecule has 4 heterocycles. The first kappa shape index (κ1) is 34.7. The molecule has 61 heavy (non-hydrogen) atoms. The molecule has 0 bridgehead atoms. The average Bonchev–Trinajstić information content (AvgIpc) is 3.99. The minimum atomic E-state index is 0.356. The molecule has 0 aliphatic rings. The Bertz CT molecular complexity index is 3840. The van der Waals surface area contributed by atoms with Gasteiger partial charge in [-0.3, -0.25) is 0 Å². The predicted molar refractivity (Wildman–Crippen MR) is 251 cm³/mol. The van der Waals surface area contributed by atoms with Gasteiger partial charge in [-0.05, 0) is 60.2 Å². The summed E-state index contributed by atoms with van der Waals surface area (Å²) in [4.78, 5) is 14.6. The molecule has 0 N–H and O–H groups in total. The summed E-state index contributed by atoms with van der Waals surface area (Å²) >= 11 is 1.72. The van der Waals surface area contributed by atoms with Gasteiger partial charge in [-0.25, -0.2) is 14.8 Å². The molecule has 12 rings (SSSR count). The smallest absolute Gasteiger partial charge is 0.211 e. The minimum Gasteiger partial charge on any atom is -0.318 e. The van der Waals surface area contributed by atoms with E-state index < -0.39 is 0 Å². The van der Waals surface area contributed by atoms with Gasteiger partial charge in [0, 0.05) is 58.5 Å². The van der Waals surface area contributed by atoms with Crippen molar-refractivity contribution in [1.82, 2.24) is 19.1 Å². The van der Waals surface area contributed by atoms with Crippen LogP contribution in [0.15, 0.2) is 182 Å². The molecule has 0 atom stereocenters. The number of thiophene rings is 1. The van der Waals surface area contributed by atoms with E-state index in [0.717, 1.165) is 76.2 Å². The van der Waals surface area contributed by atoms with Gasteiger partial charge in [-0.1, -0.05) is 127 Å². The van der Waals surface area contributed by atoms with Crippen LogP contribution in [-0.2, 0) is 0 Å². The molecular weight excluding hydrogens is 765 g/mol. The lowest BCUT2D eigenvalue weighted by Gasteiger charge is -2.15. The van der Waals surface area contributed by atoms with Gasteiger partial charge in [0.25, 0.3) is 0 Å². The highest BCUT2D eigenvalue weighted by molar-refractivity contribution is 7.26. The maximum atomic E-state index is 10.9. The van der Waals surface area contributed by atoms with Crippen LogP contribution in [0.25, 0.3) is 114 Å². The van der Waals surface area contributed by atoms with Gasteiger partial charge in [-0.15, -0.1) is 11.3 Å². The quantitative estimate of drug-likeness (QED) is 0.163. The summed E-state index contributed by atoms with van der Waals surface area (Å²) in [5.74, 6) is 0.526. The lowest BCUT2D eigenvalue weighted by atomic mass is 9.99. The monoisotopic (exact) mass is 794 g/mol. The van der Waals surface area contributed by atoms with Gasteiger partial charge in [-0.2, -0.15) is 5.26 Å². The molecule has 0 radical (unpaired) electrons. The van der Waals surface area contributed by atoms with Crippen LogP contribution in [0.5, 0.6) is 0 Å². The van der Waals surface area contributed by atoms with Crippen molar-refractivity contribution < 1.29 is 0 Å². The van der Waals surface area contributed by atoms with E-state index in [1.807, 2.05) is 60.7 Å². The Kier molecular flexibility index (Phi) is 7.73. The predicted octanol–water partition coefficient (Wildman–Crippen LogP) is 14.5. The van der Waals surface area contributed by atoms with E-state index in [-0.39, 0.29) is 0 Å². The van der Waals surface area contributed by atoms with Crippen molar-refractivity contribution >= 4 is 80.8 Å². The highest BCUT2D eigenvalue weighted by Gasteiger charge is 2.24. The molecule has 282 valence electrons. The van der Waals surface area contributed by atoms with Gasteiger partial charge in [0.2, 0.25) is 5.69 Å². The SMILES string of the molecule is [C-]#[N+]c1cc(-c2nc(-c3cccc4c3sc3ccccc34)nc(-c3ccccc3)c2C#N)ccc1-n1c2ccccc2c2ccc3c(c4ccccc4n3-c3ccccc3)c21. The fourth-order valence-corrected chi connectivity index (χ4v) is 10.4. The summed E-state index contributed by atoms with van der Waals surface area (Å²) in [7, 11) is 0. The van der Waals surface area contributed by atoms with Crippen molar-refractivity contribution in [2.24, 2.45) is 0 Å². The molecule has 0 aliphatic heterocycles. The van der Waals surface area contributed by atoms with E-state index in [1.165, 1.54) is 10.1 Å². The summed E-state index contributed by atoms with van der Waals surface area (Å²) in [6.45, 7) is 8.68. The summed E-state index contributed by atoms with van der Waals surface area (Å²) < 4.78 is 6.85. The first-order chi connectivity index (χ1) is 30.2. The topological polar surface area (TPSA) is 63.8 Å². The van der Waals surface area contributed by atoms with Crippen LogP contribution in [0.2, 0.25) is 0 Å². The van der Waals surface area contributed by atoms with Crippen LogP contribution in [-0.4, -0.2) is 19.1 Å². The number of rotatable bonds is 5. The maximum absolute atomic E-state index is 10.9. The van der Waals surface area contributed by atoms with Crippen LogP contribution >= 0.6 is 11.3 Å². The maximum Gasteiger partial charge on any atom is 0.211 e. The second-order valence-corrected chi connectivity index (χ2v) is 16.1. The Morgan fingerprint density at radius 3 is 1.97 bits per heavy atom. The van der Waals surface area contributed by atoms with Crippen molar-refractivity contribution in [2.45, 2.75) is 0 Å². The average molecular weight is 795 g/mol. The number of nitrogens with zero attached hydrogens (tertiary/aromatic N) is 6. The van der Waals surface area contributed by atoms with Gasteiger partial charge >= 0.3 is 0 Å². The zero-order chi connectivity index (χ0) is 40.6. The van der Waals surface area contributed by atoms with Crippen molar-refractivity contribution in [2.75, 3.05) is 0 Å². The zero-order valence-corrected chi connectivity index (χ0v) is 33.2. The fourth-order valence-electron chi connectivity index (χ4n) is 9.19. The molecule has 8 aromatic carbocycles. The van der Waals surface area contributed by atoms with E-state index >= 15 is 0 Å². The third-order valence-electron chi connectivity index (χ3n) is 11.8. The van der Waals surface area contributed by atoms with E-state index in [4.69, 9.17) is 16.5 Å². The molecule has 0 spiro atoms. The van der Waals surface area contributed by atoms with Gasteiger partial charge in [0.1, 0.15) is 11.6 Å². The largest absolute Gasteiger partial charge is 0.318 e. The normalized spacial score (nSPS) is 11.6. The minimum absolute atomic E-state index is 0.356. The lowest BCUT2D eigenvalue weighted by molar-refractivity contribution is 1.17. The molecule has 7 heteroatoms. The van der Waals surface area contributed by atoms with Gasteiger partial charge in [0.05, 0.1) is 45.7 Å². The Labute approximate surface area is 353 Å². The van der Waals surface area contributed by atoms with E-state index in [0.29, 0.717) is 34.0 Å². The summed E-state index contributed by atoms with van der Waals surface area (Å²) in [6.07, 6.45) is 0. The first-order valence-corrected chi connectivity index (χ1v) is 20.8. The molecule has 4 aromatic heterocycles. The number of fused-ring (bicyclic) bond motifs is 10. The third-order valence-corrected chi connectivity index (χ3v) is 13.0. The Hall–Kier alpha value is -8.36. The highest BCUT2D eigenvalue weighted by Crippen LogP contribution is 2.45. The van der Waals surface area contributed by atoms with Gasteiger partial charge in [0.15, 0.2) is 5.82 Å². The number of para-hydroxylation sites is 3. The molecule has 12 aromatic rings. The number of aromatic nitrogens is 4. The Balaban J connectivity index is 1.13. The van der Waals surface area contributed by atoms with E-state index in [2.05, 4.69) is 141 Å². The molecule has 0 fully saturated rings. The Morgan fingerprint density at radius 1 is 0.541 bits per heavy atom. The van der Waals surface area contributed by atoms with Crippen molar-refractivity contribution in [3.63, 3.8) is 0 Å². The van der Waals surface area contributed by atoms with Crippen LogP contribution < -0.4 is 0 Å². The standard InChI is InChI=1S/C54H30N6S/c1-56-43-31-34(51-42(32-55)50(33-15-4-2-5-16-33)57-54(58-51)41-23-14-22-39-37-20-10-13-26-48(37)61-53(39)41)27-29-46(43)60-44-24-11-8-19-36(44)38-28-30-47-49(52(38)60)40-21-9-12-25-45(40)59(47)35-17-6-3-7-18-35/h2-31H. The van der Waals surface area contributed by atoms with Crippen LogP contribution in [0.3, 0.4) is 0 Å². The summed E-state index contributed by atoms with van der Waals surface area (Å²) in [5, 5.41) is 17.7. The van der Waals surface area contributed by atoms with Crippen molar-refractivity contribution in [3.05, 3.63) is 199 Å². The second kappa shape index (κ2) is 13.6. The summed E-state index contributed by atoms with van der Waals surface area (Å²) in [5.41, 5.74) is 10.3. The molecule has 0 amide bonds. The zero-order valence-electron chi connectivity index (χ0n) is 32.4. The number of hydrogen-bond donors (Lipinski definition) is 0. The lowest BCUT2D eigenvalue weighted by Crippen LogP contribution is -2.02. The first-order valence-electron chi connectivity index (χ1n) is 20.0. The van der Waals surface area contributed by atoms with Crippen molar-refractivity contribution in [3.8, 4) is 51.3 Å². The number of hydrogen-bond acceptors (Lipinski definition) is 4. The van der Waals surface area contributed by atoms with Crippen LogP contribution in [0.1, 0.15) is 5.56 Å². The Morgan fingerprint density at radius 2 is 1.20 bits per heavy atom. The number of nitriles is 1. The molecular formula is C54H30N6S.